The van der Waals surface area contributed by atoms with Crippen molar-refractivity contribution in [1.82, 2.24) is 0 Å². The van der Waals surface area contributed by atoms with Crippen LogP contribution < -0.4 is 9.80 Å². The summed E-state index contributed by atoms with van der Waals surface area (Å²) < 4.78 is 0. The van der Waals surface area contributed by atoms with Crippen molar-refractivity contribution in [3.05, 3.63) is 204 Å². The monoisotopic (exact) mass is 700 g/mol. The SMILES string of the molecule is CCC1(C)c2ccccc2-c2ccc(N(c3ccccc3)c3ccc(C4(c5ccc(N(c6ccccc6)c6ccccc6)cc5)CCCCC4)cc3)cc21. The van der Waals surface area contributed by atoms with Gasteiger partial charge in [-0.15, -0.1) is 0 Å². The average molecular weight is 701 g/mol. The number of hydrogen-bond acceptors (Lipinski definition) is 2. The summed E-state index contributed by atoms with van der Waals surface area (Å²) in [5.74, 6) is 0. The summed E-state index contributed by atoms with van der Waals surface area (Å²) in [6.07, 6.45) is 7.17. The highest BCUT2D eigenvalue weighted by Gasteiger charge is 2.39. The lowest BCUT2D eigenvalue weighted by Gasteiger charge is -2.39. The Kier molecular flexibility index (Phi) is 8.91. The number of fused-ring (bicyclic) bond motifs is 3. The van der Waals surface area contributed by atoms with Gasteiger partial charge in [0.25, 0.3) is 0 Å². The third-order valence-electron chi connectivity index (χ3n) is 12.5. The minimum Gasteiger partial charge on any atom is -0.311 e. The fraction of sp³-hybridized carbons (Fsp3) is 0.192. The molecule has 1 fully saturated rings. The van der Waals surface area contributed by atoms with E-state index in [0.717, 1.165) is 30.6 Å². The summed E-state index contributed by atoms with van der Waals surface area (Å²) in [6, 6.07) is 67.4. The van der Waals surface area contributed by atoms with Crippen LogP contribution in [0.3, 0.4) is 0 Å². The zero-order valence-corrected chi connectivity index (χ0v) is 31.5. The van der Waals surface area contributed by atoms with Crippen LogP contribution in [0.25, 0.3) is 11.1 Å². The van der Waals surface area contributed by atoms with E-state index in [1.165, 1.54) is 75.4 Å². The molecule has 0 radical (unpaired) electrons. The average Bonchev–Trinajstić information content (AvgIpc) is 3.50. The first-order chi connectivity index (χ1) is 26.6. The van der Waals surface area contributed by atoms with E-state index >= 15 is 0 Å². The third-order valence-corrected chi connectivity index (χ3v) is 12.5. The molecule has 9 rings (SSSR count). The Morgan fingerprint density at radius 3 is 1.31 bits per heavy atom. The normalized spacial score (nSPS) is 17.0. The first kappa shape index (κ1) is 33.9. The number of anilines is 6. The van der Waals surface area contributed by atoms with Crippen LogP contribution in [0.4, 0.5) is 34.1 Å². The van der Waals surface area contributed by atoms with Gasteiger partial charge in [-0.3, -0.25) is 0 Å². The van der Waals surface area contributed by atoms with Gasteiger partial charge in [0.05, 0.1) is 0 Å². The Morgan fingerprint density at radius 2 is 0.815 bits per heavy atom. The van der Waals surface area contributed by atoms with E-state index in [1.54, 1.807) is 0 Å². The molecule has 0 bridgehead atoms. The molecule has 0 N–H and O–H groups in total. The molecule has 1 unspecified atom stereocenters. The van der Waals surface area contributed by atoms with Crippen LogP contribution >= 0.6 is 0 Å². The van der Waals surface area contributed by atoms with Gasteiger partial charge in [-0.1, -0.05) is 142 Å². The molecule has 2 nitrogen and oxygen atoms in total. The summed E-state index contributed by atoms with van der Waals surface area (Å²) >= 11 is 0. The predicted octanol–water partition coefficient (Wildman–Crippen LogP) is 14.6. The smallest absolute Gasteiger partial charge is 0.0465 e. The van der Waals surface area contributed by atoms with E-state index in [4.69, 9.17) is 0 Å². The van der Waals surface area contributed by atoms with Crippen molar-refractivity contribution in [3.63, 3.8) is 0 Å². The molecule has 7 aromatic rings. The van der Waals surface area contributed by atoms with E-state index < -0.39 is 0 Å². The molecule has 0 aromatic heterocycles. The molecular formula is C52H48N2. The van der Waals surface area contributed by atoms with Crippen molar-refractivity contribution in [3.8, 4) is 11.1 Å². The van der Waals surface area contributed by atoms with Crippen LogP contribution in [0, 0.1) is 0 Å². The molecule has 2 heteroatoms. The Labute approximate surface area is 321 Å². The Bertz CT molecular complexity index is 2300. The molecule has 54 heavy (non-hydrogen) atoms. The highest BCUT2D eigenvalue weighted by Crippen LogP contribution is 2.53. The second-order valence-electron chi connectivity index (χ2n) is 15.4. The summed E-state index contributed by atoms with van der Waals surface area (Å²) in [5.41, 5.74) is 15.4. The molecule has 2 aliphatic carbocycles. The van der Waals surface area contributed by atoms with Crippen LogP contribution in [0.2, 0.25) is 0 Å². The minimum atomic E-state index is -0.0176. The van der Waals surface area contributed by atoms with Crippen LogP contribution in [0.15, 0.2) is 182 Å². The van der Waals surface area contributed by atoms with E-state index in [1.807, 2.05) is 0 Å². The lowest BCUT2D eigenvalue weighted by molar-refractivity contribution is 0.346. The maximum atomic E-state index is 2.46. The lowest BCUT2D eigenvalue weighted by atomic mass is 9.65. The maximum absolute atomic E-state index is 2.46. The fourth-order valence-electron chi connectivity index (χ4n) is 9.47. The van der Waals surface area contributed by atoms with E-state index in [2.05, 4.69) is 206 Å². The molecule has 0 aliphatic heterocycles. The van der Waals surface area contributed by atoms with Gasteiger partial charge in [-0.05, 0) is 125 Å². The lowest BCUT2D eigenvalue weighted by Crippen LogP contribution is -2.30. The summed E-state index contributed by atoms with van der Waals surface area (Å²) in [7, 11) is 0. The summed E-state index contributed by atoms with van der Waals surface area (Å²) in [6.45, 7) is 4.74. The molecule has 1 atom stereocenters. The van der Waals surface area contributed by atoms with Crippen LogP contribution in [-0.4, -0.2) is 0 Å². The highest BCUT2D eigenvalue weighted by atomic mass is 15.1. The molecule has 1 saturated carbocycles. The summed E-state index contributed by atoms with van der Waals surface area (Å²) in [4.78, 5) is 4.79. The van der Waals surface area contributed by atoms with Crippen molar-refractivity contribution in [2.24, 2.45) is 0 Å². The van der Waals surface area contributed by atoms with Crippen molar-refractivity contribution in [2.45, 2.75) is 63.2 Å². The van der Waals surface area contributed by atoms with E-state index in [0.29, 0.717) is 0 Å². The quantitative estimate of drug-likeness (QED) is 0.148. The summed E-state index contributed by atoms with van der Waals surface area (Å²) in [5, 5.41) is 0. The van der Waals surface area contributed by atoms with Gasteiger partial charge in [0.2, 0.25) is 0 Å². The van der Waals surface area contributed by atoms with Crippen molar-refractivity contribution < 1.29 is 0 Å². The molecule has 2 aliphatic rings. The topological polar surface area (TPSA) is 6.48 Å². The number of hydrogen-bond donors (Lipinski definition) is 0. The molecule has 0 saturated heterocycles. The van der Waals surface area contributed by atoms with Crippen molar-refractivity contribution in [2.75, 3.05) is 9.80 Å². The number of benzene rings is 7. The van der Waals surface area contributed by atoms with E-state index in [-0.39, 0.29) is 10.8 Å². The van der Waals surface area contributed by atoms with Gasteiger partial charge in [-0.25, -0.2) is 0 Å². The minimum absolute atomic E-state index is 0.0144. The van der Waals surface area contributed by atoms with Gasteiger partial charge >= 0.3 is 0 Å². The molecular weight excluding hydrogens is 653 g/mol. The highest BCUT2D eigenvalue weighted by molar-refractivity contribution is 5.86. The standard InChI is InChI=1S/C52H48N2/c1-3-51(2)49-25-15-14-24-47(49)48-35-34-46(38-50(48)51)54(43-22-12-6-13-23-43)45-32-28-40(29-33-45)52(36-16-7-17-37-52)39-26-30-44(31-27-39)53(41-18-8-4-9-19-41)42-20-10-5-11-21-42/h4-6,8-15,18-35,38H,3,7,16-17,36-37H2,1-2H3. The largest absolute Gasteiger partial charge is 0.311 e. The third kappa shape index (κ3) is 5.82. The maximum Gasteiger partial charge on any atom is 0.0465 e. The second-order valence-corrected chi connectivity index (χ2v) is 15.4. The van der Waals surface area contributed by atoms with Gasteiger partial charge in [0.15, 0.2) is 0 Å². The van der Waals surface area contributed by atoms with Gasteiger partial charge in [-0.2, -0.15) is 0 Å². The van der Waals surface area contributed by atoms with Crippen molar-refractivity contribution >= 4 is 34.1 Å². The van der Waals surface area contributed by atoms with Gasteiger partial charge < -0.3 is 9.80 Å². The van der Waals surface area contributed by atoms with Gasteiger partial charge in [0, 0.05) is 45.0 Å². The van der Waals surface area contributed by atoms with Crippen LogP contribution in [0.1, 0.15) is 74.6 Å². The van der Waals surface area contributed by atoms with Crippen LogP contribution in [0.5, 0.6) is 0 Å². The molecule has 266 valence electrons. The first-order valence-electron chi connectivity index (χ1n) is 19.8. The zero-order valence-electron chi connectivity index (χ0n) is 31.5. The second kappa shape index (κ2) is 14.2. The predicted molar refractivity (Wildman–Crippen MR) is 228 cm³/mol. The van der Waals surface area contributed by atoms with Gasteiger partial charge in [0.1, 0.15) is 0 Å². The molecule has 0 spiro atoms. The molecule has 7 aromatic carbocycles. The zero-order chi connectivity index (χ0) is 36.5. The van der Waals surface area contributed by atoms with E-state index in [9.17, 15) is 0 Å². The number of para-hydroxylation sites is 3. The first-order valence-corrected chi connectivity index (χ1v) is 19.8. The molecule has 0 amide bonds. The van der Waals surface area contributed by atoms with Crippen LogP contribution in [-0.2, 0) is 10.8 Å². The number of nitrogens with zero attached hydrogens (tertiary/aromatic N) is 2. The Hall–Kier alpha value is -5.86. The fourth-order valence-corrected chi connectivity index (χ4v) is 9.47. The Morgan fingerprint density at radius 1 is 0.407 bits per heavy atom. The van der Waals surface area contributed by atoms with Crippen molar-refractivity contribution in [1.29, 1.82) is 0 Å². The number of rotatable bonds is 9. The Balaban J connectivity index is 1.09. The molecule has 0 heterocycles.